The predicted molar refractivity (Wildman–Crippen MR) is 127 cm³/mol. The molecule has 2 aromatic rings. The molecule has 0 radical (unpaired) electrons. The average Bonchev–Trinajstić information content (AvgIpc) is 2.79. The molecule has 0 saturated carbocycles. The number of carbonyl (C=O) groups is 2. The van der Waals surface area contributed by atoms with E-state index >= 15 is 0 Å². The third-order valence-electron chi connectivity index (χ3n) is 6.78. The first-order valence-corrected chi connectivity index (χ1v) is 11.8. The number of rotatable bonds is 5. The maximum absolute atomic E-state index is 13.6. The topological polar surface area (TPSA) is 43.9 Å². The summed E-state index contributed by atoms with van der Waals surface area (Å²) in [6.07, 6.45) is 1.10. The summed E-state index contributed by atoms with van der Waals surface area (Å²) in [5.41, 5.74) is 5.02. The van der Waals surface area contributed by atoms with E-state index in [9.17, 15) is 9.59 Å². The number of piperazine rings is 1. The molecule has 0 N–H and O–H groups in total. The van der Waals surface area contributed by atoms with Crippen LogP contribution in [0.25, 0.3) is 0 Å². The highest BCUT2D eigenvalue weighted by atomic mass is 16.2. The minimum atomic E-state index is -0.390. The molecule has 170 valence electrons. The molecule has 2 heterocycles. The second-order valence-corrected chi connectivity index (χ2v) is 9.64. The first kappa shape index (κ1) is 22.5. The average molecular weight is 434 g/mol. The highest BCUT2D eigenvalue weighted by Gasteiger charge is 2.37. The molecule has 2 aliphatic rings. The quantitative estimate of drug-likeness (QED) is 0.723. The highest BCUT2D eigenvalue weighted by molar-refractivity contribution is 5.88. The van der Waals surface area contributed by atoms with Crippen LogP contribution in [0.3, 0.4) is 0 Å². The van der Waals surface area contributed by atoms with E-state index in [1.165, 1.54) is 16.7 Å². The van der Waals surface area contributed by atoms with Crippen LogP contribution in [0.2, 0.25) is 0 Å². The van der Waals surface area contributed by atoms with Gasteiger partial charge in [0.2, 0.25) is 11.8 Å². The number of fused-ring (bicyclic) bond motifs is 1. The summed E-state index contributed by atoms with van der Waals surface area (Å²) in [5.74, 6) is 0.471. The van der Waals surface area contributed by atoms with Crippen LogP contribution in [0.5, 0.6) is 0 Å². The Morgan fingerprint density at radius 3 is 2.28 bits per heavy atom. The second kappa shape index (κ2) is 9.86. The van der Waals surface area contributed by atoms with E-state index in [0.717, 1.165) is 38.3 Å². The van der Waals surface area contributed by atoms with Crippen LogP contribution in [0.4, 0.5) is 0 Å². The van der Waals surface area contributed by atoms with Crippen LogP contribution in [0.1, 0.15) is 42.5 Å². The fraction of sp³-hybridized carbons (Fsp3) is 0.481. The summed E-state index contributed by atoms with van der Waals surface area (Å²) in [6.45, 7) is 10.9. The Labute approximate surface area is 192 Å². The standard InChI is InChI=1S/C27H35N3O2/c1-20(2)16-26(31)30-19-24-11-7-6-9-22(24)17-25(30)27(32)29-14-12-28(13-15-29)18-23-10-5-4-8-21(23)3/h4-11,20,25H,12-19H2,1-3H3. The van der Waals surface area contributed by atoms with Gasteiger partial charge in [-0.2, -0.15) is 0 Å². The van der Waals surface area contributed by atoms with E-state index in [1.54, 1.807) is 0 Å². The van der Waals surface area contributed by atoms with Crippen molar-refractivity contribution in [3.8, 4) is 0 Å². The lowest BCUT2D eigenvalue weighted by Gasteiger charge is -2.41. The van der Waals surface area contributed by atoms with Gasteiger partial charge in [0.05, 0.1) is 0 Å². The molecule has 0 bridgehead atoms. The minimum absolute atomic E-state index is 0.0889. The van der Waals surface area contributed by atoms with Gasteiger partial charge >= 0.3 is 0 Å². The lowest BCUT2D eigenvalue weighted by molar-refractivity contribution is -0.148. The zero-order valence-electron chi connectivity index (χ0n) is 19.6. The van der Waals surface area contributed by atoms with E-state index in [4.69, 9.17) is 0 Å². The summed E-state index contributed by atoms with van der Waals surface area (Å²) in [7, 11) is 0. The van der Waals surface area contributed by atoms with Crippen molar-refractivity contribution in [3.63, 3.8) is 0 Å². The largest absolute Gasteiger partial charge is 0.338 e. The third kappa shape index (κ3) is 5.04. The van der Waals surface area contributed by atoms with Crippen LogP contribution >= 0.6 is 0 Å². The van der Waals surface area contributed by atoms with Crippen molar-refractivity contribution in [2.24, 2.45) is 5.92 Å². The second-order valence-electron chi connectivity index (χ2n) is 9.64. The third-order valence-corrected chi connectivity index (χ3v) is 6.78. The van der Waals surface area contributed by atoms with Gasteiger partial charge in [0.1, 0.15) is 6.04 Å². The molecule has 1 fully saturated rings. The molecule has 32 heavy (non-hydrogen) atoms. The van der Waals surface area contributed by atoms with Crippen molar-refractivity contribution < 1.29 is 9.59 Å². The van der Waals surface area contributed by atoms with Gasteiger partial charge in [-0.1, -0.05) is 62.4 Å². The van der Waals surface area contributed by atoms with Crippen molar-refractivity contribution in [1.29, 1.82) is 0 Å². The number of amides is 2. The van der Waals surface area contributed by atoms with E-state index in [2.05, 4.69) is 62.1 Å². The molecule has 0 spiro atoms. The molecular weight excluding hydrogens is 398 g/mol. The zero-order chi connectivity index (χ0) is 22.7. The van der Waals surface area contributed by atoms with Crippen LogP contribution in [0, 0.1) is 12.8 Å². The van der Waals surface area contributed by atoms with Crippen molar-refractivity contribution >= 4 is 11.8 Å². The zero-order valence-corrected chi connectivity index (χ0v) is 19.6. The summed E-state index contributed by atoms with van der Waals surface area (Å²) < 4.78 is 0. The van der Waals surface area contributed by atoms with Gasteiger partial charge in [-0.25, -0.2) is 0 Å². The van der Waals surface area contributed by atoms with E-state index in [0.29, 0.717) is 19.4 Å². The molecule has 0 aliphatic carbocycles. The summed E-state index contributed by atoms with van der Waals surface area (Å²) >= 11 is 0. The Kier molecular flexibility index (Phi) is 6.95. The number of hydrogen-bond acceptors (Lipinski definition) is 3. The lowest BCUT2D eigenvalue weighted by atomic mass is 9.92. The van der Waals surface area contributed by atoms with Gasteiger partial charge in [-0.15, -0.1) is 0 Å². The Bertz CT molecular complexity index is 963. The van der Waals surface area contributed by atoms with E-state index in [-0.39, 0.29) is 23.8 Å². The fourth-order valence-electron chi connectivity index (χ4n) is 4.84. The number of hydrogen-bond donors (Lipinski definition) is 0. The molecule has 5 heteroatoms. The van der Waals surface area contributed by atoms with Gasteiger partial charge < -0.3 is 9.80 Å². The van der Waals surface area contributed by atoms with Crippen LogP contribution in [0.15, 0.2) is 48.5 Å². The molecule has 2 aliphatic heterocycles. The number of carbonyl (C=O) groups excluding carboxylic acids is 2. The molecule has 2 aromatic carbocycles. The number of aryl methyl sites for hydroxylation is 1. The van der Waals surface area contributed by atoms with Crippen molar-refractivity contribution in [2.45, 2.75) is 52.7 Å². The summed E-state index contributed by atoms with van der Waals surface area (Å²) in [5, 5.41) is 0. The highest BCUT2D eigenvalue weighted by Crippen LogP contribution is 2.26. The summed E-state index contributed by atoms with van der Waals surface area (Å²) in [6, 6.07) is 16.3. The monoisotopic (exact) mass is 433 g/mol. The van der Waals surface area contributed by atoms with E-state index in [1.807, 2.05) is 21.9 Å². The molecule has 1 saturated heterocycles. The normalized spacial score (nSPS) is 19.2. The molecule has 4 rings (SSSR count). The molecule has 1 unspecified atom stereocenters. The van der Waals surface area contributed by atoms with Crippen LogP contribution in [-0.4, -0.2) is 58.7 Å². The Balaban J connectivity index is 1.44. The maximum atomic E-state index is 13.6. The lowest BCUT2D eigenvalue weighted by Crippen LogP contribution is -2.57. The summed E-state index contributed by atoms with van der Waals surface area (Å²) in [4.78, 5) is 32.9. The van der Waals surface area contributed by atoms with Gasteiger partial charge in [-0.3, -0.25) is 14.5 Å². The molecular formula is C27H35N3O2. The number of nitrogens with zero attached hydrogens (tertiary/aromatic N) is 3. The Hall–Kier alpha value is -2.66. The van der Waals surface area contributed by atoms with Crippen molar-refractivity contribution in [1.82, 2.24) is 14.7 Å². The Morgan fingerprint density at radius 2 is 1.59 bits per heavy atom. The van der Waals surface area contributed by atoms with E-state index < -0.39 is 0 Å². The molecule has 5 nitrogen and oxygen atoms in total. The van der Waals surface area contributed by atoms with Crippen LogP contribution < -0.4 is 0 Å². The van der Waals surface area contributed by atoms with Crippen LogP contribution in [-0.2, 0) is 29.1 Å². The smallest absolute Gasteiger partial charge is 0.245 e. The fourth-order valence-corrected chi connectivity index (χ4v) is 4.84. The number of benzene rings is 2. The molecule has 1 atom stereocenters. The first-order valence-electron chi connectivity index (χ1n) is 11.8. The SMILES string of the molecule is Cc1ccccc1CN1CCN(C(=O)C2Cc3ccccc3CN2C(=O)CC(C)C)CC1. The van der Waals surface area contributed by atoms with Gasteiger partial charge in [0, 0.05) is 52.1 Å². The first-order chi connectivity index (χ1) is 15.4. The minimum Gasteiger partial charge on any atom is -0.338 e. The van der Waals surface area contributed by atoms with Gasteiger partial charge in [0.15, 0.2) is 0 Å². The van der Waals surface area contributed by atoms with Crippen molar-refractivity contribution in [2.75, 3.05) is 26.2 Å². The van der Waals surface area contributed by atoms with Crippen molar-refractivity contribution in [3.05, 3.63) is 70.8 Å². The molecule has 0 aromatic heterocycles. The van der Waals surface area contributed by atoms with Gasteiger partial charge in [0.25, 0.3) is 0 Å². The maximum Gasteiger partial charge on any atom is 0.245 e. The molecule has 2 amide bonds. The Morgan fingerprint density at radius 1 is 0.938 bits per heavy atom. The predicted octanol–water partition coefficient (Wildman–Crippen LogP) is 3.64. The van der Waals surface area contributed by atoms with Gasteiger partial charge in [-0.05, 0) is 35.1 Å².